The molecule has 5 heteroatoms. The predicted molar refractivity (Wildman–Crippen MR) is 64.5 cm³/mol. The molecule has 1 aliphatic heterocycles. The first-order chi connectivity index (χ1) is 7.68. The molecule has 0 amide bonds. The maximum atomic E-state index is 11.0. The number of piperidine rings is 1. The van der Waals surface area contributed by atoms with Crippen LogP contribution in [-0.4, -0.2) is 29.1 Å². The maximum Gasteiger partial charge on any atom is 0.308 e. The minimum absolute atomic E-state index is 0.275. The van der Waals surface area contributed by atoms with Crippen LogP contribution in [0.15, 0.2) is 22.8 Å². The fourth-order valence-electron chi connectivity index (χ4n) is 1.98. The van der Waals surface area contributed by atoms with Gasteiger partial charge in [0.15, 0.2) is 0 Å². The third-order valence-corrected chi connectivity index (χ3v) is 3.43. The van der Waals surface area contributed by atoms with Crippen molar-refractivity contribution in [3.05, 3.63) is 22.8 Å². The molecule has 1 N–H and O–H groups in total. The summed E-state index contributed by atoms with van der Waals surface area (Å²) in [6.45, 7) is 1.42. The van der Waals surface area contributed by atoms with Crippen LogP contribution < -0.4 is 4.90 Å². The van der Waals surface area contributed by atoms with Crippen LogP contribution in [-0.2, 0) is 4.79 Å². The molecular weight excluding hydrogens is 272 g/mol. The lowest BCUT2D eigenvalue weighted by molar-refractivity contribution is -0.141. The summed E-state index contributed by atoms with van der Waals surface area (Å²) in [7, 11) is 0. The maximum absolute atomic E-state index is 11.0. The molecule has 0 spiro atoms. The lowest BCUT2D eigenvalue weighted by atomic mass is 9.98. The average Bonchev–Trinajstić information content (AvgIpc) is 2.30. The second-order valence-electron chi connectivity index (χ2n) is 3.93. The SMILES string of the molecule is O=C(O)C1CCCN(c2ncccc2Br)C1. The summed E-state index contributed by atoms with van der Waals surface area (Å²) < 4.78 is 0.918. The highest BCUT2D eigenvalue weighted by molar-refractivity contribution is 9.10. The van der Waals surface area contributed by atoms with Crippen LogP contribution >= 0.6 is 15.9 Å². The molecule has 1 unspecified atom stereocenters. The Labute approximate surface area is 102 Å². The molecule has 86 valence electrons. The number of aromatic nitrogens is 1. The third kappa shape index (κ3) is 2.35. The summed E-state index contributed by atoms with van der Waals surface area (Å²) in [6, 6.07) is 3.78. The van der Waals surface area contributed by atoms with Gasteiger partial charge in [0.1, 0.15) is 5.82 Å². The number of halogens is 1. The van der Waals surface area contributed by atoms with E-state index in [0.29, 0.717) is 6.54 Å². The topological polar surface area (TPSA) is 53.4 Å². The van der Waals surface area contributed by atoms with Crippen LogP contribution in [0.1, 0.15) is 12.8 Å². The third-order valence-electron chi connectivity index (χ3n) is 2.81. The second-order valence-corrected chi connectivity index (χ2v) is 4.79. The van der Waals surface area contributed by atoms with Gasteiger partial charge in [0.2, 0.25) is 0 Å². The minimum atomic E-state index is -0.711. The fraction of sp³-hybridized carbons (Fsp3) is 0.455. The van der Waals surface area contributed by atoms with Crippen molar-refractivity contribution >= 4 is 27.7 Å². The Kier molecular flexibility index (Phi) is 3.43. The van der Waals surface area contributed by atoms with Gasteiger partial charge in [-0.25, -0.2) is 4.98 Å². The number of rotatable bonds is 2. The van der Waals surface area contributed by atoms with Crippen molar-refractivity contribution in [2.45, 2.75) is 12.8 Å². The van der Waals surface area contributed by atoms with E-state index in [2.05, 4.69) is 20.9 Å². The number of hydrogen-bond donors (Lipinski definition) is 1. The van der Waals surface area contributed by atoms with E-state index in [-0.39, 0.29) is 5.92 Å². The van der Waals surface area contributed by atoms with Gasteiger partial charge in [-0.15, -0.1) is 0 Å². The van der Waals surface area contributed by atoms with E-state index >= 15 is 0 Å². The molecule has 1 saturated heterocycles. The van der Waals surface area contributed by atoms with Crippen LogP contribution in [0.5, 0.6) is 0 Å². The molecule has 2 rings (SSSR count). The van der Waals surface area contributed by atoms with Crippen LogP contribution in [0.4, 0.5) is 5.82 Å². The van der Waals surface area contributed by atoms with Gasteiger partial charge in [0.05, 0.1) is 10.4 Å². The van der Waals surface area contributed by atoms with Crippen molar-refractivity contribution in [1.29, 1.82) is 0 Å². The highest BCUT2D eigenvalue weighted by Gasteiger charge is 2.26. The van der Waals surface area contributed by atoms with Crippen LogP contribution in [0.3, 0.4) is 0 Å². The van der Waals surface area contributed by atoms with Crippen LogP contribution in [0.25, 0.3) is 0 Å². The van der Waals surface area contributed by atoms with Gasteiger partial charge in [-0.1, -0.05) is 0 Å². The average molecular weight is 285 g/mol. The summed E-state index contributed by atoms with van der Waals surface area (Å²) in [5.74, 6) is -0.146. The van der Waals surface area contributed by atoms with Crippen molar-refractivity contribution in [2.75, 3.05) is 18.0 Å². The van der Waals surface area contributed by atoms with Gasteiger partial charge in [-0.2, -0.15) is 0 Å². The number of hydrogen-bond acceptors (Lipinski definition) is 3. The Balaban J connectivity index is 2.16. The predicted octanol–water partition coefficient (Wildman–Crippen LogP) is 2.15. The molecule has 0 aliphatic carbocycles. The molecule has 0 bridgehead atoms. The van der Waals surface area contributed by atoms with E-state index in [1.165, 1.54) is 0 Å². The number of carbonyl (C=O) groups is 1. The molecule has 1 fully saturated rings. The standard InChI is InChI=1S/C11H13BrN2O2/c12-9-4-1-5-13-10(9)14-6-2-3-8(7-14)11(15)16/h1,4-5,8H,2-3,6-7H2,(H,15,16). The van der Waals surface area contributed by atoms with E-state index in [9.17, 15) is 4.79 Å². The van der Waals surface area contributed by atoms with Gasteiger partial charge >= 0.3 is 5.97 Å². The zero-order valence-corrected chi connectivity index (χ0v) is 10.4. The largest absolute Gasteiger partial charge is 0.481 e. The quantitative estimate of drug-likeness (QED) is 0.904. The van der Waals surface area contributed by atoms with Gasteiger partial charge in [-0.3, -0.25) is 4.79 Å². The number of anilines is 1. The zero-order chi connectivity index (χ0) is 11.5. The molecule has 1 aromatic heterocycles. The van der Waals surface area contributed by atoms with Gasteiger partial charge in [-0.05, 0) is 40.9 Å². The molecule has 0 saturated carbocycles. The summed E-state index contributed by atoms with van der Waals surface area (Å²) >= 11 is 3.44. The molecule has 0 radical (unpaired) electrons. The first kappa shape index (κ1) is 11.4. The van der Waals surface area contributed by atoms with E-state index in [1.807, 2.05) is 17.0 Å². The Bertz CT molecular complexity index is 397. The number of carboxylic acids is 1. The van der Waals surface area contributed by atoms with E-state index in [4.69, 9.17) is 5.11 Å². The van der Waals surface area contributed by atoms with E-state index in [0.717, 1.165) is 29.7 Å². The summed E-state index contributed by atoms with van der Waals surface area (Å²) in [5.41, 5.74) is 0. The molecule has 4 nitrogen and oxygen atoms in total. The lowest BCUT2D eigenvalue weighted by Gasteiger charge is -2.32. The Morgan fingerprint density at radius 1 is 1.62 bits per heavy atom. The second kappa shape index (κ2) is 4.82. The molecule has 16 heavy (non-hydrogen) atoms. The van der Waals surface area contributed by atoms with E-state index in [1.54, 1.807) is 6.20 Å². The van der Waals surface area contributed by atoms with Crippen molar-refractivity contribution < 1.29 is 9.90 Å². The van der Waals surface area contributed by atoms with Crippen LogP contribution in [0.2, 0.25) is 0 Å². The molecule has 1 aromatic rings. The van der Waals surface area contributed by atoms with Gasteiger partial charge in [0, 0.05) is 19.3 Å². The number of carboxylic acid groups (broad SMARTS) is 1. The number of aliphatic carboxylic acids is 1. The van der Waals surface area contributed by atoms with Crippen molar-refractivity contribution in [2.24, 2.45) is 5.92 Å². The van der Waals surface area contributed by atoms with Crippen molar-refractivity contribution in [1.82, 2.24) is 4.98 Å². The normalized spacial score (nSPS) is 20.8. The fourth-order valence-corrected chi connectivity index (χ4v) is 2.49. The van der Waals surface area contributed by atoms with Gasteiger partial charge in [0.25, 0.3) is 0 Å². The van der Waals surface area contributed by atoms with Crippen molar-refractivity contribution in [3.8, 4) is 0 Å². The molecule has 2 heterocycles. The summed E-state index contributed by atoms with van der Waals surface area (Å²) in [6.07, 6.45) is 3.39. The Morgan fingerprint density at radius 3 is 3.12 bits per heavy atom. The highest BCUT2D eigenvalue weighted by atomic mass is 79.9. The molecule has 1 aliphatic rings. The summed E-state index contributed by atoms with van der Waals surface area (Å²) in [5, 5.41) is 9.01. The number of nitrogens with zero attached hydrogens (tertiary/aromatic N) is 2. The van der Waals surface area contributed by atoms with Gasteiger partial charge < -0.3 is 10.0 Å². The Hall–Kier alpha value is -1.10. The van der Waals surface area contributed by atoms with Crippen molar-refractivity contribution in [3.63, 3.8) is 0 Å². The smallest absolute Gasteiger partial charge is 0.308 e. The first-order valence-electron chi connectivity index (χ1n) is 5.27. The molecular formula is C11H13BrN2O2. The van der Waals surface area contributed by atoms with E-state index < -0.39 is 5.97 Å². The van der Waals surface area contributed by atoms with Crippen LogP contribution in [0, 0.1) is 5.92 Å². The molecule has 1 atom stereocenters. The first-order valence-corrected chi connectivity index (χ1v) is 6.06. The molecule has 0 aromatic carbocycles. The number of pyridine rings is 1. The lowest BCUT2D eigenvalue weighted by Crippen LogP contribution is -2.39. The minimum Gasteiger partial charge on any atom is -0.481 e. The summed E-state index contributed by atoms with van der Waals surface area (Å²) in [4.78, 5) is 17.3. The zero-order valence-electron chi connectivity index (χ0n) is 8.77. The monoisotopic (exact) mass is 284 g/mol. The highest BCUT2D eigenvalue weighted by Crippen LogP contribution is 2.27. The Morgan fingerprint density at radius 2 is 2.44 bits per heavy atom.